The molecule has 1 aromatic carbocycles. The maximum atomic E-state index is 12.6. The first-order chi connectivity index (χ1) is 7.28. The van der Waals surface area contributed by atoms with E-state index in [0.29, 0.717) is 18.5 Å². The van der Waals surface area contributed by atoms with Gasteiger partial charge in [-0.3, -0.25) is 9.48 Å². The normalized spacial score (nSPS) is 10.2. The summed E-state index contributed by atoms with van der Waals surface area (Å²) in [7, 11) is 0. The summed E-state index contributed by atoms with van der Waals surface area (Å²) in [4.78, 5) is 10.4. The van der Waals surface area contributed by atoms with Gasteiger partial charge < -0.3 is 0 Å². The van der Waals surface area contributed by atoms with Crippen LogP contribution >= 0.6 is 0 Å². The number of hydrogen-bond donors (Lipinski definition) is 0. The Morgan fingerprint density at radius 1 is 1.27 bits per heavy atom. The summed E-state index contributed by atoms with van der Waals surface area (Å²) < 4.78 is 14.3. The van der Waals surface area contributed by atoms with E-state index in [4.69, 9.17) is 0 Å². The minimum absolute atomic E-state index is 0.257. The number of hydrogen-bond acceptors (Lipinski definition) is 2. The lowest BCUT2D eigenvalue weighted by Gasteiger charge is -2.00. The molecule has 0 aliphatic heterocycles. The van der Waals surface area contributed by atoms with Crippen LogP contribution in [0, 0.1) is 5.82 Å². The molecule has 3 nitrogen and oxygen atoms in total. The second-order valence-corrected chi connectivity index (χ2v) is 3.18. The molecule has 0 atom stereocenters. The van der Waals surface area contributed by atoms with Gasteiger partial charge in [0.15, 0.2) is 6.29 Å². The van der Waals surface area contributed by atoms with Gasteiger partial charge >= 0.3 is 0 Å². The van der Waals surface area contributed by atoms with E-state index in [1.807, 2.05) is 0 Å². The van der Waals surface area contributed by atoms with E-state index in [0.717, 1.165) is 5.56 Å². The molecule has 0 fully saturated rings. The Morgan fingerprint density at radius 3 is 2.60 bits per heavy atom. The zero-order valence-corrected chi connectivity index (χ0v) is 7.93. The van der Waals surface area contributed by atoms with Crippen LogP contribution in [-0.2, 0) is 6.54 Å². The van der Waals surface area contributed by atoms with Crippen molar-refractivity contribution in [1.82, 2.24) is 9.78 Å². The van der Waals surface area contributed by atoms with Gasteiger partial charge in [0.2, 0.25) is 0 Å². The molecule has 0 saturated heterocycles. The van der Waals surface area contributed by atoms with E-state index in [1.165, 1.54) is 12.1 Å². The van der Waals surface area contributed by atoms with Crippen LogP contribution < -0.4 is 0 Å². The zero-order chi connectivity index (χ0) is 10.7. The molecule has 2 rings (SSSR count). The average Bonchev–Trinajstić information content (AvgIpc) is 2.69. The van der Waals surface area contributed by atoms with Crippen LogP contribution in [0.3, 0.4) is 0 Å². The number of carbonyl (C=O) groups is 1. The molecule has 0 radical (unpaired) electrons. The van der Waals surface area contributed by atoms with Crippen molar-refractivity contribution < 1.29 is 9.18 Å². The second-order valence-electron chi connectivity index (χ2n) is 3.18. The molecule has 2 aromatic rings. The van der Waals surface area contributed by atoms with Gasteiger partial charge in [0.1, 0.15) is 11.5 Å². The maximum Gasteiger partial charge on any atom is 0.170 e. The van der Waals surface area contributed by atoms with Crippen molar-refractivity contribution in [1.29, 1.82) is 0 Å². The van der Waals surface area contributed by atoms with Crippen LogP contribution in [-0.4, -0.2) is 16.1 Å². The van der Waals surface area contributed by atoms with Crippen molar-refractivity contribution in [3.8, 4) is 0 Å². The molecule has 0 unspecified atom stereocenters. The third-order valence-electron chi connectivity index (χ3n) is 2.04. The molecule has 1 aromatic heterocycles. The lowest BCUT2D eigenvalue weighted by molar-refractivity contribution is 0.111. The van der Waals surface area contributed by atoms with Crippen LogP contribution in [0.15, 0.2) is 36.5 Å². The molecule has 0 bridgehead atoms. The van der Waals surface area contributed by atoms with Crippen LogP contribution in [0.4, 0.5) is 4.39 Å². The van der Waals surface area contributed by atoms with Gasteiger partial charge in [0, 0.05) is 6.20 Å². The zero-order valence-electron chi connectivity index (χ0n) is 7.93. The van der Waals surface area contributed by atoms with Crippen molar-refractivity contribution in [2.45, 2.75) is 6.54 Å². The fraction of sp³-hybridized carbons (Fsp3) is 0.0909. The number of nitrogens with zero attached hydrogens (tertiary/aromatic N) is 2. The predicted octanol–water partition coefficient (Wildman–Crippen LogP) is 1.88. The average molecular weight is 204 g/mol. The molecular formula is C11H9FN2O. The van der Waals surface area contributed by atoms with E-state index in [9.17, 15) is 9.18 Å². The summed E-state index contributed by atoms with van der Waals surface area (Å²) in [5, 5.41) is 4.00. The maximum absolute atomic E-state index is 12.6. The van der Waals surface area contributed by atoms with E-state index in [1.54, 1.807) is 29.1 Å². The first-order valence-electron chi connectivity index (χ1n) is 4.51. The quantitative estimate of drug-likeness (QED) is 0.715. The first kappa shape index (κ1) is 9.58. The van der Waals surface area contributed by atoms with Gasteiger partial charge in [-0.2, -0.15) is 5.10 Å². The highest BCUT2D eigenvalue weighted by Gasteiger charge is 1.98. The molecule has 0 saturated carbocycles. The molecule has 1 heterocycles. The van der Waals surface area contributed by atoms with Gasteiger partial charge in [0.25, 0.3) is 0 Å². The van der Waals surface area contributed by atoms with E-state index >= 15 is 0 Å². The third-order valence-corrected chi connectivity index (χ3v) is 2.04. The topological polar surface area (TPSA) is 34.9 Å². The molecule has 4 heteroatoms. The standard InChI is InChI=1S/C11H9FN2O/c12-10-3-1-9(2-4-10)7-14-6-5-11(8-15)13-14/h1-6,8H,7H2. The van der Waals surface area contributed by atoms with Crippen molar-refractivity contribution in [2.24, 2.45) is 0 Å². The number of aromatic nitrogens is 2. The van der Waals surface area contributed by atoms with Crippen molar-refractivity contribution in [3.63, 3.8) is 0 Å². The van der Waals surface area contributed by atoms with Gasteiger partial charge in [0.05, 0.1) is 6.54 Å². The lowest BCUT2D eigenvalue weighted by atomic mass is 10.2. The number of rotatable bonds is 3. The minimum atomic E-state index is -0.257. The molecule has 0 amide bonds. The molecular weight excluding hydrogens is 195 g/mol. The Morgan fingerprint density at radius 2 is 2.00 bits per heavy atom. The number of carbonyl (C=O) groups excluding carboxylic acids is 1. The highest BCUT2D eigenvalue weighted by Crippen LogP contribution is 2.04. The molecule has 15 heavy (non-hydrogen) atoms. The first-order valence-corrected chi connectivity index (χ1v) is 4.51. The Labute approximate surface area is 86.2 Å². The summed E-state index contributed by atoms with van der Waals surface area (Å²) in [5.41, 5.74) is 1.34. The monoisotopic (exact) mass is 204 g/mol. The summed E-state index contributed by atoms with van der Waals surface area (Å²) >= 11 is 0. The smallest absolute Gasteiger partial charge is 0.170 e. The molecule has 0 spiro atoms. The van der Waals surface area contributed by atoms with Crippen LogP contribution in [0.5, 0.6) is 0 Å². The summed E-state index contributed by atoms with van der Waals surface area (Å²) in [6.45, 7) is 0.536. The fourth-order valence-corrected chi connectivity index (χ4v) is 1.31. The minimum Gasteiger partial charge on any atom is -0.296 e. The van der Waals surface area contributed by atoms with Crippen molar-refractivity contribution in [3.05, 3.63) is 53.6 Å². The van der Waals surface area contributed by atoms with Gasteiger partial charge in [-0.15, -0.1) is 0 Å². The second kappa shape index (κ2) is 4.04. The molecule has 0 aliphatic rings. The van der Waals surface area contributed by atoms with E-state index in [2.05, 4.69) is 5.10 Å². The number of halogens is 1. The Kier molecular flexibility index (Phi) is 2.58. The summed E-state index contributed by atoms with van der Waals surface area (Å²) in [6, 6.07) is 7.82. The Hall–Kier alpha value is -1.97. The van der Waals surface area contributed by atoms with Gasteiger partial charge in [-0.1, -0.05) is 12.1 Å². The number of benzene rings is 1. The van der Waals surface area contributed by atoms with Gasteiger partial charge in [-0.25, -0.2) is 4.39 Å². The van der Waals surface area contributed by atoms with Crippen LogP contribution in [0.25, 0.3) is 0 Å². The van der Waals surface area contributed by atoms with Gasteiger partial charge in [-0.05, 0) is 23.8 Å². The summed E-state index contributed by atoms with van der Waals surface area (Å²) in [5.74, 6) is -0.257. The number of aldehydes is 1. The highest BCUT2D eigenvalue weighted by molar-refractivity contribution is 5.71. The van der Waals surface area contributed by atoms with E-state index in [-0.39, 0.29) is 5.82 Å². The predicted molar refractivity (Wildman–Crippen MR) is 53.1 cm³/mol. The Balaban J connectivity index is 2.14. The van der Waals surface area contributed by atoms with E-state index < -0.39 is 0 Å². The van der Waals surface area contributed by atoms with Crippen LogP contribution in [0.2, 0.25) is 0 Å². The van der Waals surface area contributed by atoms with Crippen LogP contribution in [0.1, 0.15) is 16.1 Å². The highest BCUT2D eigenvalue weighted by atomic mass is 19.1. The lowest BCUT2D eigenvalue weighted by Crippen LogP contribution is -2.00. The SMILES string of the molecule is O=Cc1ccn(Cc2ccc(F)cc2)n1. The molecule has 0 aliphatic carbocycles. The van der Waals surface area contributed by atoms with Crippen molar-refractivity contribution >= 4 is 6.29 Å². The fourth-order valence-electron chi connectivity index (χ4n) is 1.31. The molecule has 0 N–H and O–H groups in total. The molecule has 76 valence electrons. The summed E-state index contributed by atoms with van der Waals surface area (Å²) in [6.07, 6.45) is 2.41. The largest absolute Gasteiger partial charge is 0.296 e. The van der Waals surface area contributed by atoms with Crippen molar-refractivity contribution in [2.75, 3.05) is 0 Å². The Bertz CT molecular complexity index is 462. The third kappa shape index (κ3) is 2.28.